The van der Waals surface area contributed by atoms with E-state index < -0.39 is 0 Å². The van der Waals surface area contributed by atoms with Crippen LogP contribution < -0.4 is 11.1 Å². The second kappa shape index (κ2) is 12.3. The number of rotatable bonds is 7. The van der Waals surface area contributed by atoms with E-state index in [1.54, 1.807) is 5.38 Å². The van der Waals surface area contributed by atoms with Crippen LogP contribution in [0.4, 0.5) is 0 Å². The second-order valence-corrected chi connectivity index (χ2v) is 6.89. The van der Waals surface area contributed by atoms with Crippen LogP contribution in [0.15, 0.2) is 35.7 Å². The third kappa shape index (κ3) is 6.71. The van der Waals surface area contributed by atoms with E-state index in [0.29, 0.717) is 25.2 Å². The van der Waals surface area contributed by atoms with Crippen molar-refractivity contribution in [3.05, 3.63) is 52.0 Å². The fraction of sp³-hybridized carbons (Fsp3) is 0.444. The summed E-state index contributed by atoms with van der Waals surface area (Å²) in [6, 6.07) is 10.4. The van der Waals surface area contributed by atoms with Gasteiger partial charge in [-0.3, -0.25) is 9.69 Å². The summed E-state index contributed by atoms with van der Waals surface area (Å²) in [5, 5.41) is 5.74. The molecule has 1 atom stereocenters. The van der Waals surface area contributed by atoms with E-state index in [2.05, 4.69) is 27.3 Å². The molecule has 2 heterocycles. The van der Waals surface area contributed by atoms with Gasteiger partial charge in [-0.2, -0.15) is 0 Å². The molecule has 0 spiro atoms. The molecule has 1 aliphatic rings. The largest absolute Gasteiger partial charge is 0.379 e. The van der Waals surface area contributed by atoms with E-state index >= 15 is 0 Å². The van der Waals surface area contributed by atoms with Gasteiger partial charge in [0.25, 0.3) is 5.91 Å². The summed E-state index contributed by atoms with van der Waals surface area (Å²) in [4.78, 5) is 19.2. The molecule has 0 bridgehead atoms. The number of hydrogen-bond acceptors (Lipinski definition) is 6. The van der Waals surface area contributed by atoms with E-state index in [-0.39, 0.29) is 36.8 Å². The summed E-state index contributed by atoms with van der Waals surface area (Å²) in [7, 11) is 0. The Hall–Kier alpha value is -1.22. The molecular formula is C18H26Cl2N4O2S. The summed E-state index contributed by atoms with van der Waals surface area (Å²) >= 11 is 1.48. The van der Waals surface area contributed by atoms with Crippen LogP contribution in [0.3, 0.4) is 0 Å². The number of amides is 1. The first kappa shape index (κ1) is 23.8. The number of nitrogens with two attached hydrogens (primary N) is 1. The highest BCUT2D eigenvalue weighted by molar-refractivity contribution is 7.09. The molecule has 1 amide bonds. The van der Waals surface area contributed by atoms with Crippen molar-refractivity contribution in [1.29, 1.82) is 0 Å². The first-order valence-electron chi connectivity index (χ1n) is 8.57. The molecular weight excluding hydrogens is 407 g/mol. The maximum absolute atomic E-state index is 12.4. The number of hydrogen-bond donors (Lipinski definition) is 2. The van der Waals surface area contributed by atoms with Gasteiger partial charge in [0, 0.05) is 31.4 Å². The van der Waals surface area contributed by atoms with E-state index in [1.807, 2.05) is 18.2 Å². The number of thiazole rings is 1. The summed E-state index contributed by atoms with van der Waals surface area (Å²) in [5.74, 6) is -0.131. The van der Waals surface area contributed by atoms with Crippen LogP contribution in [0.5, 0.6) is 0 Å². The number of morpholine rings is 1. The van der Waals surface area contributed by atoms with E-state index in [1.165, 1.54) is 16.9 Å². The molecule has 3 rings (SSSR count). The van der Waals surface area contributed by atoms with Crippen LogP contribution in [0.25, 0.3) is 0 Å². The van der Waals surface area contributed by atoms with Gasteiger partial charge in [0.05, 0.1) is 24.3 Å². The van der Waals surface area contributed by atoms with Crippen molar-refractivity contribution in [2.24, 2.45) is 5.73 Å². The third-order valence-corrected chi connectivity index (χ3v) is 5.18. The summed E-state index contributed by atoms with van der Waals surface area (Å²) < 4.78 is 5.46. The summed E-state index contributed by atoms with van der Waals surface area (Å²) in [6.07, 6.45) is 0.707. The number of nitrogens with one attached hydrogen (secondary N) is 1. The van der Waals surface area contributed by atoms with Gasteiger partial charge in [0.2, 0.25) is 0 Å². The SMILES string of the molecule is Cl.Cl.NCCc1nc(C(=O)NCC(c2ccccc2)N2CCOCC2)cs1. The minimum absolute atomic E-state index is 0. The molecule has 150 valence electrons. The van der Waals surface area contributed by atoms with Gasteiger partial charge in [0.15, 0.2) is 0 Å². The Balaban J connectivity index is 0.00000182. The highest BCUT2D eigenvalue weighted by atomic mass is 35.5. The third-order valence-electron chi connectivity index (χ3n) is 4.27. The molecule has 27 heavy (non-hydrogen) atoms. The lowest BCUT2D eigenvalue weighted by molar-refractivity contribution is 0.0162. The van der Waals surface area contributed by atoms with Gasteiger partial charge in [-0.15, -0.1) is 36.2 Å². The fourth-order valence-electron chi connectivity index (χ4n) is 2.96. The van der Waals surface area contributed by atoms with Gasteiger partial charge in [-0.25, -0.2) is 4.98 Å². The minimum atomic E-state index is -0.131. The van der Waals surface area contributed by atoms with Crippen molar-refractivity contribution in [1.82, 2.24) is 15.2 Å². The molecule has 9 heteroatoms. The topological polar surface area (TPSA) is 80.5 Å². The first-order chi connectivity index (χ1) is 12.3. The van der Waals surface area contributed by atoms with E-state index in [9.17, 15) is 4.79 Å². The Morgan fingerprint density at radius 1 is 1.26 bits per heavy atom. The van der Waals surface area contributed by atoms with Crippen LogP contribution in [0.1, 0.15) is 27.1 Å². The van der Waals surface area contributed by atoms with Crippen LogP contribution in [-0.2, 0) is 11.2 Å². The normalized spacial score (nSPS) is 15.3. The van der Waals surface area contributed by atoms with Crippen molar-refractivity contribution < 1.29 is 9.53 Å². The van der Waals surface area contributed by atoms with Crippen molar-refractivity contribution >= 4 is 42.1 Å². The molecule has 1 unspecified atom stereocenters. The smallest absolute Gasteiger partial charge is 0.270 e. The number of carbonyl (C=O) groups is 1. The predicted molar refractivity (Wildman–Crippen MR) is 113 cm³/mol. The van der Waals surface area contributed by atoms with Crippen LogP contribution in [0.2, 0.25) is 0 Å². The van der Waals surface area contributed by atoms with Crippen LogP contribution in [-0.4, -0.2) is 55.2 Å². The lowest BCUT2D eigenvalue weighted by Gasteiger charge is -2.34. The zero-order valence-electron chi connectivity index (χ0n) is 15.0. The molecule has 6 nitrogen and oxygen atoms in total. The average molecular weight is 433 g/mol. The summed E-state index contributed by atoms with van der Waals surface area (Å²) in [5.41, 5.74) is 7.22. The molecule has 1 saturated heterocycles. The maximum atomic E-state index is 12.4. The van der Waals surface area contributed by atoms with Crippen molar-refractivity contribution in [3.8, 4) is 0 Å². The number of ether oxygens (including phenoxy) is 1. The number of halogens is 2. The quantitative estimate of drug-likeness (QED) is 0.701. The molecule has 0 saturated carbocycles. The zero-order chi connectivity index (χ0) is 17.5. The maximum Gasteiger partial charge on any atom is 0.270 e. The van der Waals surface area contributed by atoms with Gasteiger partial charge in [0.1, 0.15) is 5.69 Å². The molecule has 1 aromatic carbocycles. The first-order valence-corrected chi connectivity index (χ1v) is 9.45. The molecule has 2 aromatic rings. The minimum Gasteiger partial charge on any atom is -0.379 e. The molecule has 1 fully saturated rings. The Labute approximate surface area is 176 Å². The average Bonchev–Trinajstić information content (AvgIpc) is 3.13. The zero-order valence-corrected chi connectivity index (χ0v) is 17.5. The second-order valence-electron chi connectivity index (χ2n) is 5.95. The lowest BCUT2D eigenvalue weighted by Crippen LogP contribution is -2.43. The van der Waals surface area contributed by atoms with Gasteiger partial charge < -0.3 is 15.8 Å². The fourth-order valence-corrected chi connectivity index (χ4v) is 3.75. The van der Waals surface area contributed by atoms with Gasteiger partial charge >= 0.3 is 0 Å². The summed E-state index contributed by atoms with van der Waals surface area (Å²) in [6.45, 7) is 4.28. The number of nitrogens with zero attached hydrogens (tertiary/aromatic N) is 2. The Kier molecular flexibility index (Phi) is 10.8. The van der Waals surface area contributed by atoms with E-state index in [0.717, 1.165) is 31.3 Å². The standard InChI is InChI=1S/C18H24N4O2S.2ClH/c19-7-6-17-21-15(13-25-17)18(23)20-12-16(14-4-2-1-3-5-14)22-8-10-24-11-9-22;;/h1-5,13,16H,6-12,19H2,(H,20,23);2*1H. The van der Waals surface area contributed by atoms with Crippen molar-refractivity contribution in [2.45, 2.75) is 12.5 Å². The monoisotopic (exact) mass is 432 g/mol. The lowest BCUT2D eigenvalue weighted by atomic mass is 10.0. The van der Waals surface area contributed by atoms with Gasteiger partial charge in [-0.05, 0) is 12.1 Å². The highest BCUT2D eigenvalue weighted by Gasteiger charge is 2.23. The number of aromatic nitrogens is 1. The Morgan fingerprint density at radius 2 is 1.96 bits per heavy atom. The molecule has 0 aliphatic carbocycles. The van der Waals surface area contributed by atoms with E-state index in [4.69, 9.17) is 10.5 Å². The Bertz CT molecular complexity index is 681. The van der Waals surface area contributed by atoms with Crippen molar-refractivity contribution in [3.63, 3.8) is 0 Å². The molecule has 0 radical (unpaired) electrons. The molecule has 3 N–H and O–H groups in total. The highest BCUT2D eigenvalue weighted by Crippen LogP contribution is 2.21. The van der Waals surface area contributed by atoms with Crippen LogP contribution in [0, 0.1) is 0 Å². The predicted octanol–water partition coefficient (Wildman–Crippen LogP) is 2.29. The Morgan fingerprint density at radius 3 is 2.63 bits per heavy atom. The number of benzene rings is 1. The number of carbonyl (C=O) groups excluding carboxylic acids is 1. The van der Waals surface area contributed by atoms with Crippen molar-refractivity contribution in [2.75, 3.05) is 39.4 Å². The molecule has 1 aromatic heterocycles. The van der Waals surface area contributed by atoms with Gasteiger partial charge in [-0.1, -0.05) is 30.3 Å². The molecule has 1 aliphatic heterocycles. The van der Waals surface area contributed by atoms with Crippen LogP contribution >= 0.6 is 36.2 Å².